The molecule has 4 heterocycles. The first-order chi connectivity index (χ1) is 12.6. The Balaban J connectivity index is 1.95. The molecular formula is C18H13ClN4O3. The molecule has 4 rings (SSSR count). The molecule has 0 aliphatic heterocycles. The molecule has 8 heteroatoms. The van der Waals surface area contributed by atoms with Gasteiger partial charge in [-0.05, 0) is 23.8 Å². The van der Waals surface area contributed by atoms with Crippen LogP contribution in [0.15, 0.2) is 52.3 Å². The summed E-state index contributed by atoms with van der Waals surface area (Å²) in [6.07, 6.45) is 3.48. The lowest BCUT2D eigenvalue weighted by atomic mass is 10.0. The molecule has 0 atom stereocenters. The van der Waals surface area contributed by atoms with E-state index in [1.54, 1.807) is 18.5 Å². The number of methoxy groups -OCH3 is 1. The average molecular weight is 369 g/mol. The van der Waals surface area contributed by atoms with Gasteiger partial charge in [-0.15, -0.1) is 0 Å². The van der Waals surface area contributed by atoms with Crippen LogP contribution in [0.25, 0.3) is 33.4 Å². The molecule has 130 valence electrons. The Kier molecular flexibility index (Phi) is 3.85. The van der Waals surface area contributed by atoms with Crippen molar-refractivity contribution < 1.29 is 4.74 Å². The van der Waals surface area contributed by atoms with Crippen LogP contribution in [0.5, 0.6) is 5.88 Å². The molecule has 0 saturated heterocycles. The summed E-state index contributed by atoms with van der Waals surface area (Å²) in [7, 11) is 1.40. The van der Waals surface area contributed by atoms with Gasteiger partial charge in [0.2, 0.25) is 11.4 Å². The highest BCUT2D eigenvalue weighted by molar-refractivity contribution is 6.34. The number of H-pyrrole nitrogens is 3. The van der Waals surface area contributed by atoms with E-state index >= 15 is 0 Å². The summed E-state index contributed by atoms with van der Waals surface area (Å²) < 4.78 is 5.09. The lowest BCUT2D eigenvalue weighted by molar-refractivity contribution is 0.397. The summed E-state index contributed by atoms with van der Waals surface area (Å²) in [6, 6.07) is 8.30. The van der Waals surface area contributed by atoms with Crippen molar-refractivity contribution in [2.75, 3.05) is 7.11 Å². The molecule has 0 aliphatic carbocycles. The Hall–Kier alpha value is -3.32. The van der Waals surface area contributed by atoms with E-state index in [4.69, 9.17) is 16.3 Å². The topological polar surface area (TPSA) is 104 Å². The maximum atomic E-state index is 12.2. The van der Waals surface area contributed by atoms with E-state index in [1.165, 1.54) is 19.2 Å². The molecule has 0 unspecified atom stereocenters. The molecule has 0 aliphatic rings. The first-order valence-electron chi connectivity index (χ1n) is 7.71. The van der Waals surface area contributed by atoms with Gasteiger partial charge < -0.3 is 14.7 Å². The van der Waals surface area contributed by atoms with Gasteiger partial charge in [0.1, 0.15) is 10.7 Å². The van der Waals surface area contributed by atoms with Gasteiger partial charge in [-0.2, -0.15) is 0 Å². The summed E-state index contributed by atoms with van der Waals surface area (Å²) in [6.45, 7) is 0. The van der Waals surface area contributed by atoms with E-state index in [-0.39, 0.29) is 22.0 Å². The van der Waals surface area contributed by atoms with E-state index in [2.05, 4.69) is 19.9 Å². The van der Waals surface area contributed by atoms with Crippen molar-refractivity contribution >= 4 is 22.6 Å². The maximum absolute atomic E-state index is 12.2. The molecule has 0 bridgehead atoms. The van der Waals surface area contributed by atoms with Crippen molar-refractivity contribution in [2.24, 2.45) is 0 Å². The molecule has 4 aromatic heterocycles. The fourth-order valence-corrected chi connectivity index (χ4v) is 3.18. The lowest BCUT2D eigenvalue weighted by Crippen LogP contribution is -2.10. The molecule has 4 aromatic rings. The standard InChI is InChI=1S/C18H13ClN4O3/c1-26-18-16(19)11(7-15(25)23-18)13-5-9(6-14(24)22-13)12-8-21-17-10(12)3-2-4-20-17/h2-8H,1H3,(H,20,21)(H,22,24)(H,23,25). The Morgan fingerprint density at radius 1 is 1.08 bits per heavy atom. The Morgan fingerprint density at radius 3 is 2.69 bits per heavy atom. The van der Waals surface area contributed by atoms with Gasteiger partial charge in [0.15, 0.2) is 0 Å². The van der Waals surface area contributed by atoms with Gasteiger partial charge in [-0.25, -0.2) is 4.98 Å². The van der Waals surface area contributed by atoms with Crippen LogP contribution in [0.4, 0.5) is 0 Å². The third-order valence-corrected chi connectivity index (χ3v) is 4.42. The fourth-order valence-electron chi connectivity index (χ4n) is 2.89. The zero-order valence-electron chi connectivity index (χ0n) is 13.6. The first kappa shape index (κ1) is 16.2. The molecule has 0 aromatic carbocycles. The van der Waals surface area contributed by atoms with Crippen LogP contribution in [0.2, 0.25) is 5.02 Å². The van der Waals surface area contributed by atoms with E-state index in [9.17, 15) is 9.59 Å². The zero-order valence-corrected chi connectivity index (χ0v) is 14.3. The molecule has 0 amide bonds. The molecule has 0 spiro atoms. The van der Waals surface area contributed by atoms with Crippen LogP contribution in [0.3, 0.4) is 0 Å². The van der Waals surface area contributed by atoms with Gasteiger partial charge in [-0.3, -0.25) is 14.6 Å². The molecule has 0 fully saturated rings. The van der Waals surface area contributed by atoms with Gasteiger partial charge in [0.25, 0.3) is 5.56 Å². The number of hydrogen-bond acceptors (Lipinski definition) is 4. The normalized spacial score (nSPS) is 11.0. The van der Waals surface area contributed by atoms with Gasteiger partial charge >= 0.3 is 0 Å². The van der Waals surface area contributed by atoms with Crippen molar-refractivity contribution in [3.63, 3.8) is 0 Å². The van der Waals surface area contributed by atoms with Gasteiger partial charge in [0, 0.05) is 41.0 Å². The van der Waals surface area contributed by atoms with Crippen molar-refractivity contribution in [3.05, 3.63) is 68.5 Å². The number of aromatic nitrogens is 4. The second kappa shape index (κ2) is 6.20. The van der Waals surface area contributed by atoms with Crippen molar-refractivity contribution in [1.82, 2.24) is 19.9 Å². The average Bonchev–Trinajstić information content (AvgIpc) is 3.07. The Bertz CT molecular complexity index is 1240. The number of nitrogens with zero attached hydrogens (tertiary/aromatic N) is 1. The molecule has 0 radical (unpaired) electrons. The van der Waals surface area contributed by atoms with Crippen LogP contribution in [-0.4, -0.2) is 27.0 Å². The summed E-state index contributed by atoms with van der Waals surface area (Å²) >= 11 is 6.31. The molecular weight excluding hydrogens is 356 g/mol. The highest BCUT2D eigenvalue weighted by atomic mass is 35.5. The highest BCUT2D eigenvalue weighted by Crippen LogP contribution is 2.33. The number of pyridine rings is 3. The molecule has 26 heavy (non-hydrogen) atoms. The molecule has 0 saturated carbocycles. The minimum Gasteiger partial charge on any atom is -0.481 e. The lowest BCUT2D eigenvalue weighted by Gasteiger charge is -2.09. The van der Waals surface area contributed by atoms with Crippen LogP contribution in [-0.2, 0) is 0 Å². The summed E-state index contributed by atoms with van der Waals surface area (Å²) in [5.41, 5.74) is 2.33. The van der Waals surface area contributed by atoms with E-state index in [0.29, 0.717) is 16.8 Å². The van der Waals surface area contributed by atoms with E-state index in [1.807, 2.05) is 12.1 Å². The molecule has 7 nitrogen and oxygen atoms in total. The molecule has 3 N–H and O–H groups in total. The summed E-state index contributed by atoms with van der Waals surface area (Å²) in [4.78, 5) is 36.6. The number of rotatable bonds is 3. The first-order valence-corrected chi connectivity index (χ1v) is 8.08. The largest absolute Gasteiger partial charge is 0.481 e. The monoisotopic (exact) mass is 368 g/mol. The minimum absolute atomic E-state index is 0.136. The quantitative estimate of drug-likeness (QED) is 0.517. The number of halogens is 1. The summed E-state index contributed by atoms with van der Waals surface area (Å²) in [5, 5.41) is 1.10. The van der Waals surface area contributed by atoms with Crippen molar-refractivity contribution in [2.45, 2.75) is 0 Å². The van der Waals surface area contributed by atoms with E-state index in [0.717, 1.165) is 16.6 Å². The fraction of sp³-hybridized carbons (Fsp3) is 0.0556. The Morgan fingerprint density at radius 2 is 1.88 bits per heavy atom. The van der Waals surface area contributed by atoms with Crippen LogP contribution in [0, 0.1) is 0 Å². The van der Waals surface area contributed by atoms with Gasteiger partial charge in [-0.1, -0.05) is 11.6 Å². The van der Waals surface area contributed by atoms with Crippen LogP contribution < -0.4 is 15.9 Å². The second-order valence-electron chi connectivity index (χ2n) is 5.64. The minimum atomic E-state index is -0.385. The second-order valence-corrected chi connectivity index (χ2v) is 6.02. The predicted octanol–water partition coefficient (Wildman–Crippen LogP) is 2.94. The zero-order chi connectivity index (χ0) is 18.3. The SMILES string of the molecule is COc1[nH]c(=O)cc(-c2cc(-c3c[nH]c4ncccc34)cc(=O)[nH]2)c1Cl. The number of aromatic amines is 3. The van der Waals surface area contributed by atoms with Gasteiger partial charge in [0.05, 0.1) is 12.8 Å². The van der Waals surface area contributed by atoms with E-state index < -0.39 is 0 Å². The number of fused-ring (bicyclic) bond motifs is 1. The number of hydrogen-bond donors (Lipinski definition) is 3. The third kappa shape index (κ3) is 2.68. The van der Waals surface area contributed by atoms with Crippen LogP contribution >= 0.6 is 11.6 Å². The summed E-state index contributed by atoms with van der Waals surface area (Å²) in [5.74, 6) is 0.136. The highest BCUT2D eigenvalue weighted by Gasteiger charge is 2.14. The predicted molar refractivity (Wildman–Crippen MR) is 99.8 cm³/mol. The Labute approximate surface area is 151 Å². The maximum Gasteiger partial charge on any atom is 0.251 e. The van der Waals surface area contributed by atoms with Crippen molar-refractivity contribution in [1.29, 1.82) is 0 Å². The smallest absolute Gasteiger partial charge is 0.251 e. The third-order valence-electron chi connectivity index (χ3n) is 4.05. The van der Waals surface area contributed by atoms with Crippen LogP contribution in [0.1, 0.15) is 0 Å². The van der Waals surface area contributed by atoms with Crippen molar-refractivity contribution in [3.8, 4) is 28.3 Å². The number of ether oxygens (including phenoxy) is 1. The number of nitrogens with one attached hydrogen (secondary N) is 3.